The molecule has 0 atom stereocenters. The third kappa shape index (κ3) is 8.26. The molecule has 11 heteroatoms. The zero-order valence-corrected chi connectivity index (χ0v) is 9.41. The summed E-state index contributed by atoms with van der Waals surface area (Å²) in [5.74, 6) is -1.07. The molecule has 1 amide bonds. The Morgan fingerprint density at radius 3 is 1.27 bits per heavy atom. The fraction of sp³-hybridized carbons (Fsp3) is 0.750. The maximum atomic E-state index is 10.4. The minimum Gasteiger partial charge on any atom is -0.368 e. The molecule has 0 aromatic heterocycles. The van der Waals surface area contributed by atoms with E-state index < -0.39 is 31.2 Å². The fourth-order valence-electron chi connectivity index (χ4n) is 0.127. The Bertz CT molecular complexity index is 410. The van der Waals surface area contributed by atoms with Crippen LogP contribution in [0.5, 0.6) is 0 Å². The SMILES string of the molecule is CC(C)(C(N)=O)S(=O)(=O)O.O=S(=O)(O)O. The van der Waals surface area contributed by atoms with E-state index in [0.29, 0.717) is 0 Å². The Kier molecular flexibility index (Phi) is 5.39. The minimum absolute atomic E-state index is 1.03. The molecule has 0 spiro atoms. The van der Waals surface area contributed by atoms with Crippen LogP contribution in [-0.4, -0.2) is 41.1 Å². The Labute approximate surface area is 86.6 Å². The molecule has 0 bridgehead atoms. The number of nitrogens with two attached hydrogens (primary N) is 1. The predicted molar refractivity (Wildman–Crippen MR) is 49.0 cm³/mol. The van der Waals surface area contributed by atoms with Crippen molar-refractivity contribution in [3.05, 3.63) is 0 Å². The molecule has 0 aliphatic heterocycles. The average molecular weight is 265 g/mol. The third-order valence-corrected chi connectivity index (χ3v) is 2.73. The van der Waals surface area contributed by atoms with Crippen molar-refractivity contribution in [2.45, 2.75) is 18.6 Å². The molecule has 0 rings (SSSR count). The number of carbonyl (C=O) groups is 1. The first-order chi connectivity index (χ1) is 6.19. The van der Waals surface area contributed by atoms with Crippen LogP contribution in [0.15, 0.2) is 0 Å². The van der Waals surface area contributed by atoms with Crippen LogP contribution in [-0.2, 0) is 25.3 Å². The van der Waals surface area contributed by atoms with E-state index in [1.165, 1.54) is 0 Å². The van der Waals surface area contributed by atoms with Crippen molar-refractivity contribution >= 4 is 26.4 Å². The second kappa shape index (κ2) is 4.85. The second-order valence-corrected chi connectivity index (χ2v) is 5.66. The maximum Gasteiger partial charge on any atom is 0.394 e. The largest absolute Gasteiger partial charge is 0.394 e. The van der Waals surface area contributed by atoms with Crippen LogP contribution < -0.4 is 5.73 Å². The first kappa shape index (κ1) is 16.7. The number of hydrogen-bond donors (Lipinski definition) is 4. The summed E-state index contributed by atoms with van der Waals surface area (Å²) in [5, 5.41) is 0. The molecule has 0 aromatic carbocycles. The van der Waals surface area contributed by atoms with Gasteiger partial charge in [-0.3, -0.25) is 18.5 Å². The topological polar surface area (TPSA) is 172 Å². The van der Waals surface area contributed by atoms with Crippen molar-refractivity contribution in [1.82, 2.24) is 0 Å². The highest BCUT2D eigenvalue weighted by molar-refractivity contribution is 7.88. The molecule has 5 N–H and O–H groups in total. The number of carbonyl (C=O) groups excluding carboxylic acids is 1. The van der Waals surface area contributed by atoms with Crippen LogP contribution >= 0.6 is 0 Å². The summed E-state index contributed by atoms with van der Waals surface area (Å²) in [7, 11) is -9.04. The van der Waals surface area contributed by atoms with Crippen LogP contribution in [0.4, 0.5) is 0 Å². The molecule has 0 heterocycles. The van der Waals surface area contributed by atoms with Gasteiger partial charge >= 0.3 is 10.4 Å². The van der Waals surface area contributed by atoms with Crippen molar-refractivity contribution in [3.8, 4) is 0 Å². The first-order valence-electron chi connectivity index (χ1n) is 3.16. The first-order valence-corrected chi connectivity index (χ1v) is 6.00. The van der Waals surface area contributed by atoms with Crippen LogP contribution in [0, 0.1) is 0 Å². The summed E-state index contributed by atoms with van der Waals surface area (Å²) in [6, 6.07) is 0. The summed E-state index contributed by atoms with van der Waals surface area (Å²) in [5.41, 5.74) is 4.68. The molecule has 0 aliphatic rings. The van der Waals surface area contributed by atoms with Gasteiger partial charge in [0.2, 0.25) is 5.91 Å². The van der Waals surface area contributed by atoms with E-state index in [1.807, 2.05) is 0 Å². The van der Waals surface area contributed by atoms with Crippen LogP contribution in [0.1, 0.15) is 13.8 Å². The molecule has 0 aromatic rings. The second-order valence-electron chi connectivity index (χ2n) is 2.80. The Hall–Kier alpha value is -0.750. The van der Waals surface area contributed by atoms with Gasteiger partial charge in [0.25, 0.3) is 10.1 Å². The third-order valence-electron chi connectivity index (χ3n) is 1.24. The molecule has 0 saturated heterocycles. The van der Waals surface area contributed by atoms with E-state index in [4.69, 9.17) is 22.1 Å². The Morgan fingerprint density at radius 1 is 1.07 bits per heavy atom. The van der Waals surface area contributed by atoms with E-state index in [2.05, 4.69) is 5.73 Å². The quantitative estimate of drug-likeness (QED) is 0.436. The highest BCUT2D eigenvalue weighted by Crippen LogP contribution is 2.12. The molecule has 0 aliphatic carbocycles. The van der Waals surface area contributed by atoms with Crippen LogP contribution in [0.2, 0.25) is 0 Å². The smallest absolute Gasteiger partial charge is 0.368 e. The van der Waals surface area contributed by atoms with E-state index in [-0.39, 0.29) is 0 Å². The van der Waals surface area contributed by atoms with Crippen molar-refractivity contribution in [1.29, 1.82) is 0 Å². The van der Waals surface area contributed by atoms with Gasteiger partial charge in [-0.15, -0.1) is 0 Å². The predicted octanol–water partition coefficient (Wildman–Crippen LogP) is -1.51. The van der Waals surface area contributed by atoms with Gasteiger partial charge < -0.3 is 5.73 Å². The number of hydrogen-bond acceptors (Lipinski definition) is 5. The molecule has 9 nitrogen and oxygen atoms in total. The van der Waals surface area contributed by atoms with Gasteiger partial charge in [0, 0.05) is 0 Å². The zero-order valence-electron chi connectivity index (χ0n) is 7.78. The van der Waals surface area contributed by atoms with Gasteiger partial charge in [-0.1, -0.05) is 0 Å². The fourth-order valence-corrected chi connectivity index (χ4v) is 0.381. The molecule has 15 heavy (non-hydrogen) atoms. The minimum atomic E-state index is -4.67. The lowest BCUT2D eigenvalue weighted by atomic mass is 10.2. The Morgan fingerprint density at radius 2 is 1.27 bits per heavy atom. The van der Waals surface area contributed by atoms with Gasteiger partial charge in [0.05, 0.1) is 0 Å². The van der Waals surface area contributed by atoms with E-state index >= 15 is 0 Å². The van der Waals surface area contributed by atoms with Crippen molar-refractivity contribution < 1.29 is 35.3 Å². The molecular weight excluding hydrogens is 254 g/mol. The van der Waals surface area contributed by atoms with Gasteiger partial charge in [0.1, 0.15) is 0 Å². The van der Waals surface area contributed by atoms with Crippen LogP contribution in [0.3, 0.4) is 0 Å². The molecule has 92 valence electrons. The molecule has 0 saturated carbocycles. The van der Waals surface area contributed by atoms with E-state index in [1.54, 1.807) is 0 Å². The van der Waals surface area contributed by atoms with Gasteiger partial charge in [-0.25, -0.2) is 0 Å². The number of rotatable bonds is 2. The zero-order chi connectivity index (χ0) is 13.1. The molecular formula is C4H11NO8S2. The van der Waals surface area contributed by atoms with Crippen molar-refractivity contribution in [3.63, 3.8) is 0 Å². The maximum absolute atomic E-state index is 10.4. The summed E-state index contributed by atoms with van der Waals surface area (Å²) < 4.78 is 58.8. The Balaban J connectivity index is 0. The normalized spacial score (nSPS) is 12.6. The number of amides is 1. The molecule has 0 unspecified atom stereocenters. The van der Waals surface area contributed by atoms with Gasteiger partial charge in [-0.2, -0.15) is 16.8 Å². The van der Waals surface area contributed by atoms with E-state index in [0.717, 1.165) is 13.8 Å². The van der Waals surface area contributed by atoms with Crippen molar-refractivity contribution in [2.75, 3.05) is 0 Å². The summed E-state index contributed by atoms with van der Waals surface area (Å²) >= 11 is 0. The standard InChI is InChI=1S/C4H9NO4S.H2O4S/c1-4(2,3(5)6)10(7,8)9;1-5(2,3)4/h1-2H3,(H2,5,6)(H,7,8,9);(H2,1,2,3,4). The lowest BCUT2D eigenvalue weighted by Crippen LogP contribution is -2.44. The lowest BCUT2D eigenvalue weighted by molar-refractivity contribution is -0.119. The molecule has 0 radical (unpaired) electrons. The highest BCUT2D eigenvalue weighted by Gasteiger charge is 2.38. The summed E-state index contributed by atoms with van der Waals surface area (Å²) in [6.45, 7) is 2.06. The lowest BCUT2D eigenvalue weighted by Gasteiger charge is -2.15. The van der Waals surface area contributed by atoms with E-state index in [9.17, 15) is 13.2 Å². The highest BCUT2D eigenvalue weighted by atomic mass is 32.3. The summed E-state index contributed by atoms with van der Waals surface area (Å²) in [6.07, 6.45) is 0. The average Bonchev–Trinajstić information content (AvgIpc) is 1.79. The summed E-state index contributed by atoms with van der Waals surface area (Å²) in [4.78, 5) is 10.4. The van der Waals surface area contributed by atoms with Gasteiger partial charge in [0.15, 0.2) is 4.75 Å². The monoisotopic (exact) mass is 265 g/mol. The van der Waals surface area contributed by atoms with Crippen molar-refractivity contribution in [2.24, 2.45) is 5.73 Å². The van der Waals surface area contributed by atoms with Crippen LogP contribution in [0.25, 0.3) is 0 Å². The molecule has 0 fully saturated rings. The van der Waals surface area contributed by atoms with Gasteiger partial charge in [-0.05, 0) is 13.8 Å². The number of primary amides is 1.